The fourth-order valence-corrected chi connectivity index (χ4v) is 3.31. The average molecular weight is 296 g/mol. The highest BCUT2D eigenvalue weighted by molar-refractivity contribution is 9.10. The first-order chi connectivity index (χ1) is 8.33. The summed E-state index contributed by atoms with van der Waals surface area (Å²) in [5, 5.41) is 0. The van der Waals surface area contributed by atoms with Crippen LogP contribution in [0.25, 0.3) is 0 Å². The van der Waals surface area contributed by atoms with Crippen LogP contribution in [0.4, 0.5) is 5.69 Å². The third-order valence-electron chi connectivity index (χ3n) is 3.88. The predicted octanol–water partition coefficient (Wildman–Crippen LogP) is 2.52. The Labute approximate surface area is 111 Å². The van der Waals surface area contributed by atoms with Crippen molar-refractivity contribution in [2.75, 3.05) is 31.1 Å². The van der Waals surface area contributed by atoms with Gasteiger partial charge in [0.1, 0.15) is 0 Å². The van der Waals surface area contributed by atoms with E-state index in [9.17, 15) is 0 Å². The fourth-order valence-electron chi connectivity index (χ4n) is 2.95. The third-order valence-corrected chi connectivity index (χ3v) is 4.31. The van der Waals surface area contributed by atoms with Gasteiger partial charge in [0.15, 0.2) is 0 Å². The summed E-state index contributed by atoms with van der Waals surface area (Å²) >= 11 is 3.49. The summed E-state index contributed by atoms with van der Waals surface area (Å²) in [6.45, 7) is 4.93. The normalized spacial score (nSPS) is 25.7. The average Bonchev–Trinajstić information content (AvgIpc) is 3.00. The van der Waals surface area contributed by atoms with Crippen molar-refractivity contribution < 1.29 is 0 Å². The van der Waals surface area contributed by atoms with Crippen LogP contribution in [-0.2, 0) is 0 Å². The van der Waals surface area contributed by atoms with E-state index in [-0.39, 0.29) is 0 Å². The molecule has 1 unspecified atom stereocenters. The van der Waals surface area contributed by atoms with Gasteiger partial charge in [-0.25, -0.2) is 0 Å². The van der Waals surface area contributed by atoms with Gasteiger partial charge in [-0.05, 0) is 54.3 Å². The lowest BCUT2D eigenvalue weighted by molar-refractivity contribution is 0.260. The fraction of sp³-hybridized carbons (Fsp3) is 0.615. The molecule has 0 radical (unpaired) electrons. The van der Waals surface area contributed by atoms with E-state index in [0.29, 0.717) is 0 Å². The van der Waals surface area contributed by atoms with Gasteiger partial charge in [-0.2, -0.15) is 0 Å². The highest BCUT2D eigenvalue weighted by atomic mass is 79.9. The molecule has 2 saturated heterocycles. The van der Waals surface area contributed by atoms with Crippen LogP contribution in [0.3, 0.4) is 0 Å². The maximum atomic E-state index is 4.25. The number of aromatic nitrogens is 1. The van der Waals surface area contributed by atoms with Gasteiger partial charge in [-0.15, -0.1) is 0 Å². The Balaban J connectivity index is 1.67. The minimum atomic E-state index is 0.761. The molecular formula is C13H18BrN3. The first-order valence-corrected chi connectivity index (χ1v) is 7.22. The van der Waals surface area contributed by atoms with Crippen LogP contribution < -0.4 is 4.90 Å². The summed E-state index contributed by atoms with van der Waals surface area (Å²) in [6.07, 6.45) is 7.88. The van der Waals surface area contributed by atoms with E-state index >= 15 is 0 Å². The maximum Gasteiger partial charge on any atom is 0.0564 e. The van der Waals surface area contributed by atoms with Crippen LogP contribution in [0.15, 0.2) is 22.9 Å². The number of nitrogens with zero attached hydrogens (tertiary/aromatic N) is 3. The van der Waals surface area contributed by atoms with E-state index in [1.54, 1.807) is 0 Å². The number of likely N-dealkylation sites (tertiary alicyclic amines) is 1. The van der Waals surface area contributed by atoms with Gasteiger partial charge >= 0.3 is 0 Å². The van der Waals surface area contributed by atoms with Crippen LogP contribution in [0, 0.1) is 0 Å². The standard InChI is InChI=1S/C13H18BrN3/c14-11-7-13(9-15-8-11)17-6-3-12(10-17)16-4-1-2-5-16/h7-9,12H,1-6,10H2. The van der Waals surface area contributed by atoms with E-state index in [2.05, 4.69) is 36.8 Å². The van der Waals surface area contributed by atoms with Gasteiger partial charge in [0.25, 0.3) is 0 Å². The molecule has 1 aromatic heterocycles. The van der Waals surface area contributed by atoms with Crippen molar-refractivity contribution in [2.45, 2.75) is 25.3 Å². The van der Waals surface area contributed by atoms with Gasteiger partial charge < -0.3 is 4.90 Å². The van der Waals surface area contributed by atoms with Crippen molar-refractivity contribution in [3.05, 3.63) is 22.9 Å². The first kappa shape index (κ1) is 11.5. The molecule has 4 heteroatoms. The second kappa shape index (κ2) is 4.94. The number of halogens is 1. The van der Waals surface area contributed by atoms with Gasteiger partial charge in [0, 0.05) is 29.8 Å². The quantitative estimate of drug-likeness (QED) is 0.836. The lowest BCUT2D eigenvalue weighted by Gasteiger charge is -2.24. The summed E-state index contributed by atoms with van der Waals surface area (Å²) in [5.41, 5.74) is 1.25. The van der Waals surface area contributed by atoms with Crippen molar-refractivity contribution in [2.24, 2.45) is 0 Å². The van der Waals surface area contributed by atoms with Crippen molar-refractivity contribution in [3.63, 3.8) is 0 Å². The van der Waals surface area contributed by atoms with Gasteiger partial charge in [-0.3, -0.25) is 9.88 Å². The Morgan fingerprint density at radius 3 is 2.76 bits per heavy atom. The largest absolute Gasteiger partial charge is 0.369 e. The number of rotatable bonds is 2. The molecule has 0 amide bonds. The Morgan fingerprint density at radius 2 is 2.00 bits per heavy atom. The van der Waals surface area contributed by atoms with Crippen molar-refractivity contribution >= 4 is 21.6 Å². The highest BCUT2D eigenvalue weighted by Gasteiger charge is 2.29. The molecule has 2 aliphatic rings. The van der Waals surface area contributed by atoms with Crippen molar-refractivity contribution in [3.8, 4) is 0 Å². The SMILES string of the molecule is Brc1cncc(N2CCC(N3CCCC3)C2)c1. The molecule has 3 heterocycles. The van der Waals surface area contributed by atoms with Gasteiger partial charge in [0.2, 0.25) is 0 Å². The molecule has 0 aliphatic carbocycles. The Bertz CT molecular complexity index is 390. The summed E-state index contributed by atoms with van der Waals surface area (Å²) < 4.78 is 1.07. The van der Waals surface area contributed by atoms with E-state index in [0.717, 1.165) is 17.1 Å². The molecule has 3 rings (SSSR count). The summed E-state index contributed by atoms with van der Waals surface area (Å²) in [4.78, 5) is 9.37. The second-order valence-corrected chi connectivity index (χ2v) is 5.91. The van der Waals surface area contributed by atoms with E-state index < -0.39 is 0 Å². The van der Waals surface area contributed by atoms with E-state index in [1.165, 1.54) is 44.6 Å². The molecule has 0 spiro atoms. The number of pyridine rings is 1. The molecule has 0 saturated carbocycles. The Morgan fingerprint density at radius 1 is 1.18 bits per heavy atom. The lowest BCUT2D eigenvalue weighted by Crippen LogP contribution is -2.35. The maximum absolute atomic E-state index is 4.25. The lowest BCUT2D eigenvalue weighted by atomic mass is 10.2. The molecule has 2 fully saturated rings. The third kappa shape index (κ3) is 2.47. The van der Waals surface area contributed by atoms with Gasteiger partial charge in [0.05, 0.1) is 11.9 Å². The summed E-state index contributed by atoms with van der Waals surface area (Å²) in [7, 11) is 0. The minimum absolute atomic E-state index is 0.761. The van der Waals surface area contributed by atoms with Crippen LogP contribution in [0.2, 0.25) is 0 Å². The van der Waals surface area contributed by atoms with Gasteiger partial charge in [-0.1, -0.05) is 0 Å². The molecule has 3 nitrogen and oxygen atoms in total. The van der Waals surface area contributed by atoms with E-state index in [4.69, 9.17) is 0 Å². The molecular weight excluding hydrogens is 278 g/mol. The Kier molecular flexibility index (Phi) is 3.34. The number of hydrogen-bond acceptors (Lipinski definition) is 3. The smallest absolute Gasteiger partial charge is 0.0564 e. The molecule has 0 bridgehead atoms. The summed E-state index contributed by atoms with van der Waals surface area (Å²) in [6, 6.07) is 2.93. The molecule has 0 aromatic carbocycles. The van der Waals surface area contributed by atoms with Crippen LogP contribution >= 0.6 is 15.9 Å². The first-order valence-electron chi connectivity index (χ1n) is 6.42. The zero-order valence-electron chi connectivity index (χ0n) is 9.98. The molecule has 1 aromatic rings. The second-order valence-electron chi connectivity index (χ2n) is 4.99. The Hall–Kier alpha value is -0.610. The molecule has 17 heavy (non-hydrogen) atoms. The minimum Gasteiger partial charge on any atom is -0.369 e. The number of anilines is 1. The summed E-state index contributed by atoms with van der Waals surface area (Å²) in [5.74, 6) is 0. The topological polar surface area (TPSA) is 19.4 Å². The molecule has 2 aliphatic heterocycles. The predicted molar refractivity (Wildman–Crippen MR) is 73.4 cm³/mol. The zero-order valence-corrected chi connectivity index (χ0v) is 11.6. The van der Waals surface area contributed by atoms with Crippen LogP contribution in [-0.4, -0.2) is 42.1 Å². The van der Waals surface area contributed by atoms with Crippen LogP contribution in [0.1, 0.15) is 19.3 Å². The molecule has 0 N–H and O–H groups in total. The number of hydrogen-bond donors (Lipinski definition) is 0. The van der Waals surface area contributed by atoms with Crippen molar-refractivity contribution in [1.82, 2.24) is 9.88 Å². The molecule has 1 atom stereocenters. The van der Waals surface area contributed by atoms with E-state index in [1.807, 2.05) is 12.4 Å². The zero-order chi connectivity index (χ0) is 11.7. The van der Waals surface area contributed by atoms with Crippen LogP contribution in [0.5, 0.6) is 0 Å². The highest BCUT2D eigenvalue weighted by Crippen LogP contribution is 2.26. The van der Waals surface area contributed by atoms with Crippen molar-refractivity contribution in [1.29, 1.82) is 0 Å². The molecule has 92 valence electrons. The monoisotopic (exact) mass is 295 g/mol.